The SMILES string of the molecule is CNC(=O)OCCC(O[Si](C)(C)C(C)(C)C)c1cc(F)cc(N(C)Cc2ccccc2)c1[N+](=O)[O-]. The molecule has 0 bridgehead atoms. The first-order valence-corrected chi connectivity index (χ1v) is 14.4. The zero-order valence-electron chi connectivity index (χ0n) is 21.6. The zero-order chi connectivity index (χ0) is 26.4. The summed E-state index contributed by atoms with van der Waals surface area (Å²) in [7, 11) is 0.702. The molecule has 10 heteroatoms. The van der Waals surface area contributed by atoms with E-state index in [0.29, 0.717) is 6.54 Å². The Morgan fingerprint density at radius 3 is 2.40 bits per heavy atom. The predicted octanol–water partition coefficient (Wildman–Crippen LogP) is 6.18. The van der Waals surface area contributed by atoms with E-state index in [9.17, 15) is 19.3 Å². The van der Waals surface area contributed by atoms with E-state index >= 15 is 0 Å². The first-order valence-electron chi connectivity index (χ1n) is 11.5. The van der Waals surface area contributed by atoms with E-state index in [1.54, 1.807) is 11.9 Å². The molecule has 1 atom stereocenters. The molecule has 35 heavy (non-hydrogen) atoms. The number of amides is 1. The van der Waals surface area contributed by atoms with E-state index in [4.69, 9.17) is 9.16 Å². The molecule has 2 aromatic carbocycles. The number of carbonyl (C=O) groups is 1. The fourth-order valence-electron chi connectivity index (χ4n) is 3.42. The number of hydrogen-bond acceptors (Lipinski definition) is 6. The number of alkyl carbamates (subject to hydrolysis) is 1. The summed E-state index contributed by atoms with van der Waals surface area (Å²) in [5.74, 6) is -0.600. The van der Waals surface area contributed by atoms with Gasteiger partial charge in [0.15, 0.2) is 8.32 Å². The topological polar surface area (TPSA) is 93.9 Å². The molecule has 0 spiro atoms. The van der Waals surface area contributed by atoms with Gasteiger partial charge in [-0.05, 0) is 29.8 Å². The van der Waals surface area contributed by atoms with Crippen molar-refractivity contribution < 1.29 is 23.3 Å². The Morgan fingerprint density at radius 2 is 1.86 bits per heavy atom. The molecule has 8 nitrogen and oxygen atoms in total. The number of hydrogen-bond donors (Lipinski definition) is 1. The van der Waals surface area contributed by atoms with Gasteiger partial charge in [0, 0.05) is 33.1 Å². The lowest BCUT2D eigenvalue weighted by Crippen LogP contribution is -2.42. The number of anilines is 1. The van der Waals surface area contributed by atoms with Crippen molar-refractivity contribution >= 4 is 25.8 Å². The Labute approximate surface area is 207 Å². The third-order valence-corrected chi connectivity index (χ3v) is 10.8. The van der Waals surface area contributed by atoms with Crippen LogP contribution < -0.4 is 10.2 Å². The molecular formula is C25H36FN3O5Si. The number of nitro groups is 1. The monoisotopic (exact) mass is 505 g/mol. The van der Waals surface area contributed by atoms with Crippen LogP contribution in [0.5, 0.6) is 0 Å². The van der Waals surface area contributed by atoms with Crippen molar-refractivity contribution in [1.82, 2.24) is 5.32 Å². The second kappa shape index (κ2) is 11.6. The molecule has 192 valence electrons. The average molecular weight is 506 g/mol. The van der Waals surface area contributed by atoms with Gasteiger partial charge in [-0.2, -0.15) is 0 Å². The predicted molar refractivity (Wildman–Crippen MR) is 138 cm³/mol. The summed E-state index contributed by atoms with van der Waals surface area (Å²) in [5.41, 5.74) is 1.01. The minimum Gasteiger partial charge on any atom is -0.449 e. The molecule has 0 aliphatic carbocycles. The fraction of sp³-hybridized carbons (Fsp3) is 0.480. The molecule has 1 amide bonds. The van der Waals surface area contributed by atoms with Gasteiger partial charge in [0.2, 0.25) is 0 Å². The number of benzene rings is 2. The minimum absolute atomic E-state index is 0.0399. The highest BCUT2D eigenvalue weighted by Gasteiger charge is 2.41. The lowest BCUT2D eigenvalue weighted by Gasteiger charge is -2.39. The maximum atomic E-state index is 14.9. The molecule has 0 fully saturated rings. The summed E-state index contributed by atoms with van der Waals surface area (Å²) >= 11 is 0. The van der Waals surface area contributed by atoms with Gasteiger partial charge in [-0.15, -0.1) is 0 Å². The van der Waals surface area contributed by atoms with Crippen molar-refractivity contribution in [3.05, 3.63) is 69.5 Å². The summed E-state index contributed by atoms with van der Waals surface area (Å²) in [6.45, 7) is 10.5. The van der Waals surface area contributed by atoms with Crippen LogP contribution in [0.25, 0.3) is 0 Å². The lowest BCUT2D eigenvalue weighted by molar-refractivity contribution is -0.385. The molecule has 0 heterocycles. The third kappa shape index (κ3) is 7.50. The van der Waals surface area contributed by atoms with Gasteiger partial charge in [-0.3, -0.25) is 10.1 Å². The van der Waals surface area contributed by atoms with E-state index in [2.05, 4.69) is 26.1 Å². The fourth-order valence-corrected chi connectivity index (χ4v) is 4.73. The molecule has 1 N–H and O–H groups in total. The van der Waals surface area contributed by atoms with Crippen molar-refractivity contribution in [1.29, 1.82) is 0 Å². The molecule has 2 rings (SSSR count). The Morgan fingerprint density at radius 1 is 1.23 bits per heavy atom. The average Bonchev–Trinajstić information content (AvgIpc) is 2.77. The smallest absolute Gasteiger partial charge is 0.406 e. The maximum Gasteiger partial charge on any atom is 0.406 e. The Hall–Kier alpha value is -2.98. The number of nitro benzene ring substituents is 1. The molecule has 1 unspecified atom stereocenters. The van der Waals surface area contributed by atoms with E-state index in [1.165, 1.54) is 13.1 Å². The summed E-state index contributed by atoms with van der Waals surface area (Å²) < 4.78 is 26.6. The summed E-state index contributed by atoms with van der Waals surface area (Å²) in [5, 5.41) is 14.5. The third-order valence-electron chi connectivity index (χ3n) is 6.35. The standard InChI is InChI=1S/C25H36FN3O5Si/c1-25(2,3)35(6,7)34-22(13-14-33-24(30)27-4)20-15-19(26)16-21(23(20)29(31)32)28(5)17-18-11-9-8-10-12-18/h8-12,15-16,22H,13-14,17H2,1-7H3,(H,27,30). The number of carbonyl (C=O) groups excluding carboxylic acids is 1. The normalized spacial score (nSPS) is 12.7. The molecule has 0 aliphatic heterocycles. The second-order valence-electron chi connectivity index (χ2n) is 10.0. The quantitative estimate of drug-likeness (QED) is 0.235. The molecule has 0 saturated heterocycles. The van der Waals surface area contributed by atoms with Crippen molar-refractivity contribution in [3.8, 4) is 0 Å². The minimum atomic E-state index is -2.43. The van der Waals surface area contributed by atoms with Crippen molar-refractivity contribution in [2.45, 2.75) is 58.0 Å². The number of ether oxygens (including phenoxy) is 1. The van der Waals surface area contributed by atoms with Crippen LogP contribution in [-0.2, 0) is 15.7 Å². The number of halogens is 1. The van der Waals surface area contributed by atoms with Crippen LogP contribution in [0, 0.1) is 15.9 Å². The van der Waals surface area contributed by atoms with Crippen LogP contribution in [0.2, 0.25) is 18.1 Å². The van der Waals surface area contributed by atoms with E-state index < -0.39 is 31.3 Å². The first kappa shape index (κ1) is 28.3. The molecule has 0 radical (unpaired) electrons. The van der Waals surface area contributed by atoms with Crippen LogP contribution in [0.15, 0.2) is 42.5 Å². The van der Waals surface area contributed by atoms with Gasteiger partial charge in [0.05, 0.1) is 23.2 Å². The Balaban J connectivity index is 2.55. The Bertz CT molecular complexity index is 1030. The molecule has 0 saturated carbocycles. The van der Waals surface area contributed by atoms with Crippen LogP contribution in [0.4, 0.5) is 20.6 Å². The molecule has 2 aromatic rings. The summed E-state index contributed by atoms with van der Waals surface area (Å²) in [4.78, 5) is 25.1. The van der Waals surface area contributed by atoms with Gasteiger partial charge >= 0.3 is 6.09 Å². The second-order valence-corrected chi connectivity index (χ2v) is 14.8. The van der Waals surface area contributed by atoms with E-state index in [-0.39, 0.29) is 35.0 Å². The molecule has 0 aliphatic rings. The van der Waals surface area contributed by atoms with Crippen molar-refractivity contribution in [2.75, 3.05) is 25.6 Å². The summed E-state index contributed by atoms with van der Waals surface area (Å²) in [6.07, 6.45) is -1.31. The molecule has 0 aromatic heterocycles. The van der Waals surface area contributed by atoms with E-state index in [1.807, 2.05) is 43.4 Å². The van der Waals surface area contributed by atoms with E-state index in [0.717, 1.165) is 11.6 Å². The highest BCUT2D eigenvalue weighted by Crippen LogP contribution is 2.44. The highest BCUT2D eigenvalue weighted by molar-refractivity contribution is 6.74. The van der Waals surface area contributed by atoms with Crippen molar-refractivity contribution in [2.24, 2.45) is 0 Å². The largest absolute Gasteiger partial charge is 0.449 e. The number of nitrogens with one attached hydrogen (secondary N) is 1. The first-order chi connectivity index (χ1) is 16.3. The molecular weight excluding hydrogens is 469 g/mol. The van der Waals surface area contributed by atoms with Crippen LogP contribution >= 0.6 is 0 Å². The lowest BCUT2D eigenvalue weighted by atomic mass is 10.0. The van der Waals surface area contributed by atoms with Gasteiger partial charge in [0.25, 0.3) is 5.69 Å². The number of nitrogens with zero attached hydrogens (tertiary/aromatic N) is 2. The van der Waals surface area contributed by atoms with Gasteiger partial charge in [-0.1, -0.05) is 51.1 Å². The van der Waals surface area contributed by atoms with Crippen molar-refractivity contribution in [3.63, 3.8) is 0 Å². The van der Waals surface area contributed by atoms with Gasteiger partial charge < -0.3 is 19.4 Å². The van der Waals surface area contributed by atoms with Crippen LogP contribution in [0.3, 0.4) is 0 Å². The van der Waals surface area contributed by atoms with Gasteiger partial charge in [-0.25, -0.2) is 9.18 Å². The summed E-state index contributed by atoms with van der Waals surface area (Å²) in [6, 6.07) is 11.8. The zero-order valence-corrected chi connectivity index (χ0v) is 22.6. The highest BCUT2D eigenvalue weighted by atomic mass is 28.4. The Kier molecular flexibility index (Phi) is 9.39. The van der Waals surface area contributed by atoms with Crippen LogP contribution in [-0.4, -0.2) is 40.0 Å². The van der Waals surface area contributed by atoms with Gasteiger partial charge in [0.1, 0.15) is 11.5 Å². The number of rotatable bonds is 10. The van der Waals surface area contributed by atoms with Crippen LogP contribution in [0.1, 0.15) is 44.4 Å². The maximum absolute atomic E-state index is 14.9.